The molecule has 0 unspecified atom stereocenters. The van der Waals surface area contributed by atoms with Gasteiger partial charge < -0.3 is 4.74 Å². The molecule has 0 heterocycles. The van der Waals surface area contributed by atoms with Crippen LogP contribution in [0, 0.1) is 17.0 Å². The lowest BCUT2D eigenvalue weighted by Crippen LogP contribution is -2.12. The molecule has 0 aliphatic rings. The smallest absolute Gasteiger partial charge is 0.344 e. The lowest BCUT2D eigenvalue weighted by atomic mass is 10.1. The Morgan fingerprint density at radius 1 is 1.18 bits per heavy atom. The topological polar surface area (TPSA) is 69.4 Å². The van der Waals surface area contributed by atoms with E-state index in [0.29, 0.717) is 14.7 Å². The minimum absolute atomic E-state index is 0.122. The van der Waals surface area contributed by atoms with Crippen molar-refractivity contribution in [1.82, 2.24) is 0 Å². The highest BCUT2D eigenvalue weighted by molar-refractivity contribution is 9.11. The van der Waals surface area contributed by atoms with Gasteiger partial charge in [-0.05, 0) is 57.0 Å². The fraction of sp³-hybridized carbons (Fsp3) is 0.0714. The number of nitro benzene ring substituents is 1. The molecule has 2 aromatic rings. The van der Waals surface area contributed by atoms with E-state index in [1.807, 2.05) is 0 Å². The second-order valence-electron chi connectivity index (χ2n) is 4.29. The van der Waals surface area contributed by atoms with Crippen LogP contribution in [-0.2, 0) is 0 Å². The number of halogens is 3. The summed E-state index contributed by atoms with van der Waals surface area (Å²) in [7, 11) is 0. The van der Waals surface area contributed by atoms with Gasteiger partial charge in [0.2, 0.25) is 0 Å². The van der Waals surface area contributed by atoms with Crippen LogP contribution >= 0.6 is 47.8 Å². The summed E-state index contributed by atoms with van der Waals surface area (Å²) in [5, 5.41) is 10.9. The third-order valence-electron chi connectivity index (χ3n) is 2.88. The van der Waals surface area contributed by atoms with Crippen molar-refractivity contribution >= 4 is 59.4 Å². The Labute approximate surface area is 151 Å². The Kier molecular flexibility index (Phi) is 5.36. The van der Waals surface area contributed by atoms with Crippen LogP contribution < -0.4 is 4.74 Å². The molecule has 2 aromatic carbocycles. The Balaban J connectivity index is 2.39. The van der Waals surface area contributed by atoms with E-state index in [1.54, 1.807) is 12.1 Å². The molecule has 8 heteroatoms. The number of ether oxygens (including phenoxy) is 1. The summed E-state index contributed by atoms with van der Waals surface area (Å²) in [6.07, 6.45) is 0. The summed E-state index contributed by atoms with van der Waals surface area (Å²) >= 11 is 9.94. The third kappa shape index (κ3) is 3.56. The molecule has 0 saturated carbocycles. The zero-order valence-corrected chi connectivity index (χ0v) is 15.9. The fourth-order valence-electron chi connectivity index (χ4n) is 1.82. The van der Waals surface area contributed by atoms with Gasteiger partial charge in [-0.15, -0.1) is 0 Å². The van der Waals surface area contributed by atoms with Crippen molar-refractivity contribution in [2.24, 2.45) is 0 Å². The Morgan fingerprint density at radius 2 is 1.77 bits per heavy atom. The number of carbonyl (C=O) groups excluding carboxylic acids is 1. The molecule has 5 nitrogen and oxygen atoms in total. The first-order chi connectivity index (χ1) is 10.3. The molecule has 0 saturated heterocycles. The first-order valence-corrected chi connectivity index (χ1v) is 8.30. The molecule has 114 valence electrons. The average molecular weight is 494 g/mol. The van der Waals surface area contributed by atoms with Crippen LogP contribution in [-0.4, -0.2) is 10.9 Å². The van der Waals surface area contributed by atoms with Crippen molar-refractivity contribution in [3.8, 4) is 5.75 Å². The maximum atomic E-state index is 12.3. The molecule has 0 aliphatic heterocycles. The summed E-state index contributed by atoms with van der Waals surface area (Å²) < 4.78 is 7.31. The van der Waals surface area contributed by atoms with Crippen LogP contribution in [0.4, 0.5) is 5.69 Å². The largest absolute Gasteiger partial charge is 0.420 e. The number of esters is 1. The Morgan fingerprint density at radius 3 is 2.32 bits per heavy atom. The summed E-state index contributed by atoms with van der Waals surface area (Å²) in [6, 6.07) is 7.75. The Bertz CT molecular complexity index is 754. The molecule has 2 rings (SSSR count). The van der Waals surface area contributed by atoms with Crippen LogP contribution in [0.15, 0.2) is 43.7 Å². The van der Waals surface area contributed by atoms with Crippen molar-refractivity contribution in [1.29, 1.82) is 0 Å². The molecule has 0 atom stereocenters. The lowest BCUT2D eigenvalue weighted by molar-refractivity contribution is -0.385. The highest BCUT2D eigenvalue weighted by Crippen LogP contribution is 2.37. The molecule has 0 amide bonds. The van der Waals surface area contributed by atoms with Crippen molar-refractivity contribution in [3.63, 3.8) is 0 Å². The standard InChI is InChI=1S/C14H8Br3NO4/c1-7-9(3-2-4-12(7)18(20)21)14(19)22-13-10(16)5-8(15)6-11(13)17/h2-6H,1H3. The second-order valence-corrected chi connectivity index (χ2v) is 6.92. The minimum Gasteiger partial charge on any atom is -0.420 e. The number of rotatable bonds is 3. The molecule has 0 N–H and O–H groups in total. The first kappa shape index (κ1) is 17.1. The number of hydrogen-bond donors (Lipinski definition) is 0. The molecule has 0 radical (unpaired) electrons. The van der Waals surface area contributed by atoms with Crippen molar-refractivity contribution in [2.45, 2.75) is 6.92 Å². The van der Waals surface area contributed by atoms with Crippen LogP contribution in [0.3, 0.4) is 0 Å². The maximum absolute atomic E-state index is 12.3. The van der Waals surface area contributed by atoms with Crippen molar-refractivity contribution < 1.29 is 14.5 Å². The quantitative estimate of drug-likeness (QED) is 0.248. The monoisotopic (exact) mass is 491 g/mol. The molecular formula is C14H8Br3NO4. The highest BCUT2D eigenvalue weighted by atomic mass is 79.9. The summed E-state index contributed by atoms with van der Waals surface area (Å²) in [5.41, 5.74) is 0.293. The third-order valence-corrected chi connectivity index (χ3v) is 4.52. The predicted octanol–water partition coefficient (Wildman–Crippen LogP) is 5.41. The first-order valence-electron chi connectivity index (χ1n) is 5.92. The molecule has 0 fully saturated rings. The van der Waals surface area contributed by atoms with Crippen LogP contribution in [0.25, 0.3) is 0 Å². The number of benzene rings is 2. The van der Waals surface area contributed by atoms with Gasteiger partial charge in [0.25, 0.3) is 5.69 Å². The van der Waals surface area contributed by atoms with Gasteiger partial charge in [0.15, 0.2) is 5.75 Å². The summed E-state index contributed by atoms with van der Waals surface area (Å²) in [6.45, 7) is 1.51. The van der Waals surface area contributed by atoms with Crippen molar-refractivity contribution in [3.05, 3.63) is 65.0 Å². The van der Waals surface area contributed by atoms with E-state index < -0.39 is 10.9 Å². The predicted molar refractivity (Wildman–Crippen MR) is 92.3 cm³/mol. The van der Waals surface area contributed by atoms with Crippen molar-refractivity contribution in [2.75, 3.05) is 0 Å². The van der Waals surface area contributed by atoms with Gasteiger partial charge in [0, 0.05) is 16.1 Å². The summed E-state index contributed by atoms with van der Waals surface area (Å²) in [4.78, 5) is 22.7. The molecular weight excluding hydrogens is 486 g/mol. The normalized spacial score (nSPS) is 10.4. The van der Waals surface area contributed by atoms with Gasteiger partial charge >= 0.3 is 5.97 Å². The van der Waals surface area contributed by atoms with E-state index in [4.69, 9.17) is 4.74 Å². The van der Waals surface area contributed by atoms with Gasteiger partial charge in [-0.25, -0.2) is 4.79 Å². The number of nitrogens with zero attached hydrogens (tertiary/aromatic N) is 1. The number of hydrogen-bond acceptors (Lipinski definition) is 4. The lowest BCUT2D eigenvalue weighted by Gasteiger charge is -2.10. The van der Waals surface area contributed by atoms with Gasteiger partial charge in [0.05, 0.1) is 19.4 Å². The van der Waals surface area contributed by atoms with E-state index in [0.717, 1.165) is 4.47 Å². The van der Waals surface area contributed by atoms with E-state index in [1.165, 1.54) is 25.1 Å². The van der Waals surface area contributed by atoms with E-state index >= 15 is 0 Å². The van der Waals surface area contributed by atoms with Crippen LogP contribution in [0.1, 0.15) is 15.9 Å². The van der Waals surface area contributed by atoms with E-state index in [-0.39, 0.29) is 16.8 Å². The zero-order chi connectivity index (χ0) is 16.4. The van der Waals surface area contributed by atoms with Gasteiger partial charge in [-0.1, -0.05) is 22.0 Å². The Hall–Kier alpha value is -1.25. The molecule has 0 bridgehead atoms. The SMILES string of the molecule is Cc1c(C(=O)Oc2c(Br)cc(Br)cc2Br)cccc1[N+](=O)[O-]. The van der Waals surface area contributed by atoms with Gasteiger partial charge in [0.1, 0.15) is 0 Å². The van der Waals surface area contributed by atoms with E-state index in [9.17, 15) is 14.9 Å². The van der Waals surface area contributed by atoms with Gasteiger partial charge in [-0.3, -0.25) is 10.1 Å². The molecule has 22 heavy (non-hydrogen) atoms. The second kappa shape index (κ2) is 6.89. The summed E-state index contributed by atoms with van der Waals surface area (Å²) in [5.74, 6) is -0.357. The molecule has 0 aromatic heterocycles. The van der Waals surface area contributed by atoms with Crippen LogP contribution in [0.2, 0.25) is 0 Å². The van der Waals surface area contributed by atoms with Gasteiger partial charge in [-0.2, -0.15) is 0 Å². The molecule has 0 spiro atoms. The fourth-order valence-corrected chi connectivity index (χ4v) is 4.24. The van der Waals surface area contributed by atoms with Crippen LogP contribution in [0.5, 0.6) is 5.75 Å². The number of carbonyl (C=O) groups is 1. The highest BCUT2D eigenvalue weighted by Gasteiger charge is 2.21. The molecule has 0 aliphatic carbocycles. The zero-order valence-electron chi connectivity index (χ0n) is 11.1. The maximum Gasteiger partial charge on any atom is 0.344 e. The minimum atomic E-state index is -0.662. The van der Waals surface area contributed by atoms with E-state index in [2.05, 4.69) is 47.8 Å². The average Bonchev–Trinajstić information content (AvgIpc) is 2.42. The number of nitro groups is 1.